The molecule has 0 saturated carbocycles. The number of hydrogen-bond donors (Lipinski definition) is 4. The molecule has 2 aromatic carbocycles. The molecule has 0 aliphatic rings. The Morgan fingerprint density at radius 3 is 2.56 bits per heavy atom. The van der Waals surface area contributed by atoms with Gasteiger partial charge in [-0.2, -0.15) is 5.10 Å². The Morgan fingerprint density at radius 2 is 2.00 bits per heavy atom. The van der Waals surface area contributed by atoms with E-state index >= 15 is 0 Å². The normalized spacial score (nSPS) is 13.8. The van der Waals surface area contributed by atoms with Crippen LogP contribution >= 0.6 is 12.2 Å². The van der Waals surface area contributed by atoms with Crippen LogP contribution in [-0.4, -0.2) is 43.4 Å². The van der Waals surface area contributed by atoms with Crippen LogP contribution in [-0.2, 0) is 12.0 Å². The van der Waals surface area contributed by atoms with E-state index in [0.29, 0.717) is 11.1 Å². The predicted molar refractivity (Wildman–Crippen MR) is 117 cm³/mol. The van der Waals surface area contributed by atoms with Gasteiger partial charge in [0.2, 0.25) is 0 Å². The van der Waals surface area contributed by atoms with Crippen LogP contribution in [0.15, 0.2) is 48.8 Å². The molecule has 0 spiro atoms. The molecule has 0 fully saturated rings. The van der Waals surface area contributed by atoms with E-state index in [0.717, 1.165) is 17.1 Å². The molecule has 0 aliphatic carbocycles. The van der Waals surface area contributed by atoms with E-state index in [1.807, 2.05) is 0 Å². The Labute approximate surface area is 188 Å². The predicted octanol–water partition coefficient (Wildman–Crippen LogP) is 2.14. The first-order valence-corrected chi connectivity index (χ1v) is 9.99. The molecule has 168 valence electrons. The number of hydrazine groups is 1. The minimum absolute atomic E-state index is 0.0514. The van der Waals surface area contributed by atoms with E-state index in [4.69, 9.17) is 18.0 Å². The van der Waals surface area contributed by atoms with Crippen molar-refractivity contribution in [1.82, 2.24) is 25.6 Å². The Kier molecular flexibility index (Phi) is 6.80. The summed E-state index contributed by atoms with van der Waals surface area (Å²) in [5.41, 5.74) is 6.99. The molecule has 0 aliphatic heterocycles. The maximum atomic E-state index is 14.7. The quantitative estimate of drug-likeness (QED) is 0.329. The van der Waals surface area contributed by atoms with Crippen molar-refractivity contribution >= 4 is 23.2 Å². The highest BCUT2D eigenvalue weighted by molar-refractivity contribution is 7.80. The molecule has 3 rings (SSSR count). The van der Waals surface area contributed by atoms with Crippen molar-refractivity contribution in [3.63, 3.8) is 0 Å². The highest BCUT2D eigenvalue weighted by Crippen LogP contribution is 2.40. The van der Waals surface area contributed by atoms with Crippen molar-refractivity contribution in [1.29, 1.82) is 0 Å². The van der Waals surface area contributed by atoms with Crippen LogP contribution in [0.4, 0.5) is 8.78 Å². The van der Waals surface area contributed by atoms with Crippen LogP contribution in [0.2, 0.25) is 0 Å². The minimum Gasteiger partial charge on any atom is -0.384 e. The molecule has 1 amide bonds. The van der Waals surface area contributed by atoms with Gasteiger partial charge in [-0.3, -0.25) is 20.3 Å². The van der Waals surface area contributed by atoms with Crippen molar-refractivity contribution in [2.75, 3.05) is 7.05 Å². The minimum atomic E-state index is -1.80. The zero-order valence-corrected chi connectivity index (χ0v) is 18.2. The number of nitrogens with two attached hydrogens (primary N) is 1. The maximum Gasteiger partial charge on any atom is 0.271 e. The lowest BCUT2D eigenvalue weighted by Gasteiger charge is -2.34. The molecule has 0 bridgehead atoms. The SMILES string of the molecule is CC(c1ccc(C(=O)N(C)NC(N)=S)cc1)C(O)(Cc1nc[nH]n1)c1ccc(F)cc1F. The van der Waals surface area contributed by atoms with E-state index in [1.54, 1.807) is 31.2 Å². The van der Waals surface area contributed by atoms with Gasteiger partial charge in [0.05, 0.1) is 0 Å². The van der Waals surface area contributed by atoms with Gasteiger partial charge < -0.3 is 10.8 Å². The Morgan fingerprint density at radius 1 is 1.31 bits per heavy atom. The Balaban J connectivity index is 1.95. The molecule has 1 heterocycles. The van der Waals surface area contributed by atoms with Crippen molar-refractivity contribution in [2.24, 2.45) is 5.73 Å². The molecule has 3 aromatic rings. The first kappa shape index (κ1) is 23.2. The number of benzene rings is 2. The van der Waals surface area contributed by atoms with Crippen LogP contribution in [0, 0.1) is 11.6 Å². The van der Waals surface area contributed by atoms with Crippen molar-refractivity contribution < 1.29 is 18.7 Å². The number of aromatic nitrogens is 3. The molecular weight excluding hydrogens is 438 g/mol. The van der Waals surface area contributed by atoms with Crippen LogP contribution in [0.25, 0.3) is 0 Å². The lowest BCUT2D eigenvalue weighted by Crippen LogP contribution is -2.45. The smallest absolute Gasteiger partial charge is 0.271 e. The van der Waals surface area contributed by atoms with E-state index in [2.05, 4.69) is 20.6 Å². The van der Waals surface area contributed by atoms with Gasteiger partial charge in [0, 0.05) is 36.6 Å². The summed E-state index contributed by atoms with van der Waals surface area (Å²) in [4.78, 5) is 16.5. The molecule has 32 heavy (non-hydrogen) atoms. The molecule has 1 aromatic heterocycles. The van der Waals surface area contributed by atoms with Crippen LogP contribution in [0.3, 0.4) is 0 Å². The fourth-order valence-corrected chi connectivity index (χ4v) is 3.62. The van der Waals surface area contributed by atoms with Gasteiger partial charge in [-0.15, -0.1) is 0 Å². The molecule has 8 nitrogen and oxygen atoms in total. The molecule has 11 heteroatoms. The number of H-pyrrole nitrogens is 1. The second-order valence-corrected chi connectivity index (χ2v) is 7.76. The zero-order chi connectivity index (χ0) is 23.5. The third-order valence-electron chi connectivity index (χ3n) is 5.25. The second kappa shape index (κ2) is 9.37. The third-order valence-corrected chi connectivity index (χ3v) is 5.34. The van der Waals surface area contributed by atoms with Gasteiger partial charge >= 0.3 is 0 Å². The number of amides is 1. The lowest BCUT2D eigenvalue weighted by atomic mass is 9.75. The average molecular weight is 461 g/mol. The van der Waals surface area contributed by atoms with Crippen LogP contribution in [0.5, 0.6) is 0 Å². The topological polar surface area (TPSA) is 120 Å². The number of aliphatic hydroxyl groups is 1. The highest BCUT2D eigenvalue weighted by Gasteiger charge is 2.40. The second-order valence-electron chi connectivity index (χ2n) is 7.32. The number of nitrogens with zero attached hydrogens (tertiary/aromatic N) is 3. The number of aromatic amines is 1. The Bertz CT molecular complexity index is 1110. The van der Waals surface area contributed by atoms with Gasteiger partial charge in [0.25, 0.3) is 5.91 Å². The third kappa shape index (κ3) is 4.89. The number of carbonyl (C=O) groups excluding carboxylic acids is 1. The Hall–Kier alpha value is -3.44. The van der Waals surface area contributed by atoms with Gasteiger partial charge in [-0.25, -0.2) is 13.8 Å². The molecular formula is C21H22F2N6O2S. The number of rotatable bonds is 6. The first-order chi connectivity index (χ1) is 15.1. The van der Waals surface area contributed by atoms with Gasteiger partial charge in [-0.05, 0) is 36.0 Å². The number of thiocarbonyl (C=S) groups is 1. The van der Waals surface area contributed by atoms with Gasteiger partial charge in [-0.1, -0.05) is 25.1 Å². The summed E-state index contributed by atoms with van der Waals surface area (Å²) in [7, 11) is 1.48. The van der Waals surface area contributed by atoms with E-state index in [1.165, 1.54) is 19.4 Å². The fraction of sp³-hybridized carbons (Fsp3) is 0.238. The summed E-state index contributed by atoms with van der Waals surface area (Å²) >= 11 is 4.73. The molecule has 2 atom stereocenters. The van der Waals surface area contributed by atoms with Crippen molar-refractivity contribution in [3.05, 3.63) is 82.9 Å². The summed E-state index contributed by atoms with van der Waals surface area (Å²) in [5.74, 6) is -2.42. The van der Waals surface area contributed by atoms with Crippen LogP contribution < -0.4 is 11.2 Å². The number of carbonyl (C=O) groups is 1. The van der Waals surface area contributed by atoms with Crippen LogP contribution in [0.1, 0.15) is 40.2 Å². The number of nitrogens with one attached hydrogen (secondary N) is 2. The first-order valence-electron chi connectivity index (χ1n) is 9.58. The summed E-state index contributed by atoms with van der Waals surface area (Å²) in [6.07, 6.45) is 1.22. The monoisotopic (exact) mass is 460 g/mol. The molecule has 5 N–H and O–H groups in total. The largest absolute Gasteiger partial charge is 0.384 e. The molecule has 0 radical (unpaired) electrons. The van der Waals surface area contributed by atoms with Gasteiger partial charge in [0.1, 0.15) is 23.6 Å². The lowest BCUT2D eigenvalue weighted by molar-refractivity contribution is 0.00742. The van der Waals surface area contributed by atoms with E-state index in [-0.39, 0.29) is 28.8 Å². The summed E-state index contributed by atoms with van der Waals surface area (Å²) < 4.78 is 28.2. The highest BCUT2D eigenvalue weighted by atomic mass is 32.1. The summed E-state index contributed by atoms with van der Waals surface area (Å²) in [6.45, 7) is 1.70. The summed E-state index contributed by atoms with van der Waals surface area (Å²) in [6, 6.07) is 9.45. The number of halogens is 2. The van der Waals surface area contributed by atoms with E-state index < -0.39 is 23.2 Å². The maximum absolute atomic E-state index is 14.7. The van der Waals surface area contributed by atoms with Gasteiger partial charge in [0.15, 0.2) is 10.9 Å². The van der Waals surface area contributed by atoms with Crippen molar-refractivity contribution in [2.45, 2.75) is 24.9 Å². The molecule has 0 saturated heterocycles. The number of hydrogen-bond acceptors (Lipinski definition) is 5. The van der Waals surface area contributed by atoms with E-state index in [9.17, 15) is 18.7 Å². The fourth-order valence-electron chi connectivity index (χ4n) is 3.48. The van der Waals surface area contributed by atoms with Crippen molar-refractivity contribution in [3.8, 4) is 0 Å². The zero-order valence-electron chi connectivity index (χ0n) is 17.3. The average Bonchev–Trinajstić information content (AvgIpc) is 3.24. The standard InChI is InChI=1S/C21H22F2N6O2S/c1-12(13-3-5-14(6-4-13)19(30)29(2)28-20(24)32)21(31,10-18-25-11-26-27-18)16-8-7-15(22)9-17(16)23/h3-9,11-12,31H,10H2,1-2H3,(H3,24,28,32)(H,25,26,27). The molecule has 2 unspecified atom stereocenters. The summed E-state index contributed by atoms with van der Waals surface area (Å²) in [5, 5.41) is 19.3.